The molecule has 0 N–H and O–H groups in total. The molecule has 3 aliphatic rings. The highest BCUT2D eigenvalue weighted by Crippen LogP contribution is 2.69. The molecular weight excluding hydrogens is 797 g/mol. The smallest absolute Gasteiger partial charge is 0.200 e. The molecular formula is C56H88N2O6. The molecule has 0 radical (unpaired) electrons. The Bertz CT molecular complexity index is 1880. The third-order valence-corrected chi connectivity index (χ3v) is 15.2. The van der Waals surface area contributed by atoms with Crippen LogP contribution in [0.1, 0.15) is 178 Å². The summed E-state index contributed by atoms with van der Waals surface area (Å²) < 4.78 is 20.0. The molecule has 4 rings (SSSR count). The predicted octanol–water partition coefficient (Wildman–Crippen LogP) is 13.0. The third-order valence-electron chi connectivity index (χ3n) is 15.2. The topological polar surface area (TPSA) is 85.4 Å². The average Bonchev–Trinajstić information content (AvgIpc) is 3.24. The maximum atomic E-state index is 15.9. The monoisotopic (exact) mass is 885 g/mol. The van der Waals surface area contributed by atoms with E-state index >= 15 is 14.4 Å². The molecule has 2 aliphatic carbocycles. The Kier molecular flexibility index (Phi) is 19.3. The Labute approximate surface area is 389 Å². The van der Waals surface area contributed by atoms with Gasteiger partial charge in [0.25, 0.3) is 0 Å². The van der Waals surface area contributed by atoms with E-state index in [9.17, 15) is 0 Å². The number of carbonyl (C=O) groups excluding carboxylic acids is 3. The Hall–Kier alpha value is -3.49. The minimum Gasteiger partial charge on any atom is -0.490 e. The zero-order valence-corrected chi connectivity index (χ0v) is 42.9. The Morgan fingerprint density at radius 3 is 1.70 bits per heavy atom. The fourth-order valence-electron chi connectivity index (χ4n) is 10.6. The molecule has 64 heavy (non-hydrogen) atoms. The Morgan fingerprint density at radius 2 is 1.19 bits per heavy atom. The second-order valence-electron chi connectivity index (χ2n) is 21.0. The number of benzene rings is 1. The summed E-state index contributed by atoms with van der Waals surface area (Å²) in [7, 11) is 0. The minimum absolute atomic E-state index is 0.00383. The van der Waals surface area contributed by atoms with Gasteiger partial charge in [-0.25, -0.2) is 0 Å². The third kappa shape index (κ3) is 11.9. The largest absolute Gasteiger partial charge is 0.490 e. The van der Waals surface area contributed by atoms with Crippen molar-refractivity contribution in [3.63, 3.8) is 0 Å². The van der Waals surface area contributed by atoms with Crippen LogP contribution < -0.4 is 9.47 Å². The lowest BCUT2D eigenvalue weighted by atomic mass is 9.39. The predicted molar refractivity (Wildman–Crippen MR) is 264 cm³/mol. The highest BCUT2D eigenvalue weighted by Gasteiger charge is 2.74. The molecule has 1 saturated heterocycles. The number of ketones is 3. The zero-order valence-electron chi connectivity index (χ0n) is 42.9. The number of allylic oxidation sites excluding steroid dienone is 8. The summed E-state index contributed by atoms with van der Waals surface area (Å²) in [6.07, 6.45) is 15.3. The van der Waals surface area contributed by atoms with E-state index in [1.165, 1.54) is 11.1 Å². The van der Waals surface area contributed by atoms with Gasteiger partial charge in [-0.1, -0.05) is 76.5 Å². The maximum Gasteiger partial charge on any atom is 0.200 e. The van der Waals surface area contributed by atoms with Gasteiger partial charge >= 0.3 is 0 Å². The zero-order chi connectivity index (χ0) is 47.5. The van der Waals surface area contributed by atoms with Crippen LogP contribution in [0.2, 0.25) is 0 Å². The lowest BCUT2D eigenvalue weighted by Gasteiger charge is -2.64. The van der Waals surface area contributed by atoms with Gasteiger partial charge in [-0.15, -0.1) is 0 Å². The van der Waals surface area contributed by atoms with Gasteiger partial charge in [-0.05, 0) is 195 Å². The van der Waals surface area contributed by atoms with Crippen LogP contribution in [0.3, 0.4) is 0 Å². The van der Waals surface area contributed by atoms with Gasteiger partial charge in [0.05, 0.1) is 18.6 Å². The van der Waals surface area contributed by atoms with Crippen LogP contribution in [0.25, 0.3) is 0 Å². The molecule has 1 aromatic rings. The minimum atomic E-state index is -1.46. The van der Waals surface area contributed by atoms with Crippen LogP contribution in [-0.4, -0.2) is 85.2 Å². The molecule has 1 heterocycles. The van der Waals surface area contributed by atoms with Crippen LogP contribution >= 0.6 is 0 Å². The van der Waals surface area contributed by atoms with E-state index in [1.54, 1.807) is 12.1 Å². The number of unbranched alkanes of at least 4 members (excludes halogenated alkanes) is 4. The van der Waals surface area contributed by atoms with E-state index in [-0.39, 0.29) is 35.4 Å². The van der Waals surface area contributed by atoms with E-state index in [4.69, 9.17) is 14.2 Å². The van der Waals surface area contributed by atoms with Crippen LogP contribution in [-0.2, 0) is 14.3 Å². The van der Waals surface area contributed by atoms with Crippen molar-refractivity contribution in [3.05, 3.63) is 70.0 Å². The van der Waals surface area contributed by atoms with Crippen LogP contribution in [0, 0.1) is 28.1 Å². The molecule has 2 bridgehead atoms. The second-order valence-corrected chi connectivity index (χ2v) is 21.0. The van der Waals surface area contributed by atoms with Crippen LogP contribution in [0.4, 0.5) is 0 Å². The number of hydrogen-bond donors (Lipinski definition) is 0. The molecule has 1 spiro atoms. The fourth-order valence-corrected chi connectivity index (χ4v) is 10.6. The van der Waals surface area contributed by atoms with Gasteiger partial charge in [0.2, 0.25) is 0 Å². The standard InChI is InChI=1S/C56H88N2O6/c1-15-57(16-2)33-21-19-23-35-62-46-30-27-43(37-47(46)63-36-24-20-22-34-58(17-3)18-4)49(59)48-50(60)56(32-31-42(9)10)52(61)55(38-44(53(56,11)12)28-25-40(5)6)39-45(29-26-41(7)8)54(13,14)64-51(48)55/h25-27,30-31,37,44-45H,15-24,28-29,32-36,38-39H2,1-14H3/t44-,45+,55+,56+/m1/s1. The molecule has 1 saturated carbocycles. The molecule has 0 amide bonds. The first kappa shape index (κ1) is 53.1. The van der Waals surface area contributed by atoms with Crippen molar-refractivity contribution in [3.8, 4) is 11.5 Å². The van der Waals surface area contributed by atoms with Gasteiger partial charge in [-0.3, -0.25) is 14.4 Å². The molecule has 0 aromatic heterocycles. The molecule has 4 atom stereocenters. The average molecular weight is 885 g/mol. The molecule has 358 valence electrons. The first-order valence-electron chi connectivity index (χ1n) is 25.1. The Balaban J connectivity index is 1.84. The van der Waals surface area contributed by atoms with Crippen molar-refractivity contribution >= 4 is 17.3 Å². The van der Waals surface area contributed by atoms with E-state index in [0.717, 1.165) is 96.2 Å². The highest BCUT2D eigenvalue weighted by molar-refractivity contribution is 6.35. The lowest BCUT2D eigenvalue weighted by molar-refractivity contribution is -0.188. The molecule has 8 nitrogen and oxygen atoms in total. The summed E-state index contributed by atoms with van der Waals surface area (Å²) in [4.78, 5) is 52.1. The number of carbonyl (C=O) groups is 3. The number of fused-ring (bicyclic) bond motifs is 1. The highest BCUT2D eigenvalue weighted by atomic mass is 16.5. The second kappa shape index (κ2) is 23.3. The van der Waals surface area contributed by atoms with Crippen molar-refractivity contribution < 1.29 is 28.6 Å². The van der Waals surface area contributed by atoms with Crippen LogP contribution in [0.15, 0.2) is 64.5 Å². The molecule has 8 heteroatoms. The van der Waals surface area contributed by atoms with Gasteiger partial charge in [-0.2, -0.15) is 0 Å². The normalized spacial score (nSPS) is 23.4. The Morgan fingerprint density at radius 1 is 0.688 bits per heavy atom. The van der Waals surface area contributed by atoms with Gasteiger partial charge < -0.3 is 24.0 Å². The number of nitrogens with zero attached hydrogens (tertiary/aromatic N) is 2. The van der Waals surface area contributed by atoms with Crippen molar-refractivity contribution in [2.24, 2.45) is 28.1 Å². The fraction of sp³-hybridized carbons (Fsp3) is 0.696. The van der Waals surface area contributed by atoms with E-state index in [1.807, 2.05) is 26.0 Å². The summed E-state index contributed by atoms with van der Waals surface area (Å²) in [6.45, 7) is 36.9. The number of ether oxygens (including phenoxy) is 3. The van der Waals surface area contributed by atoms with Gasteiger partial charge in [0, 0.05) is 11.5 Å². The van der Waals surface area contributed by atoms with E-state index in [2.05, 4.69) is 105 Å². The SMILES string of the molecule is CCN(CC)CCCCCOc1ccc(C(=O)C2=C3OC(C)(C)[C@@H](CC=C(C)C)C[C@@]34C[C@@H](CC=C(C)C)C(C)(C)[C@@](CC=C(C)C)(C2=O)C4=O)cc1OCCCCCN(CC)CC. The summed E-state index contributed by atoms with van der Waals surface area (Å²) in [5.41, 5.74) is -0.254. The lowest BCUT2D eigenvalue weighted by Crippen LogP contribution is -2.69. The number of Topliss-reactive ketones (excluding diaryl/α,β-unsaturated/α-hetero) is 3. The van der Waals surface area contributed by atoms with E-state index in [0.29, 0.717) is 43.1 Å². The summed E-state index contributed by atoms with van der Waals surface area (Å²) >= 11 is 0. The van der Waals surface area contributed by atoms with Gasteiger partial charge in [0.1, 0.15) is 22.3 Å². The van der Waals surface area contributed by atoms with Crippen molar-refractivity contribution in [1.29, 1.82) is 0 Å². The first-order chi connectivity index (χ1) is 30.3. The van der Waals surface area contributed by atoms with Crippen LogP contribution in [0.5, 0.6) is 11.5 Å². The quantitative estimate of drug-likeness (QED) is 0.0299. The van der Waals surface area contributed by atoms with Crippen molar-refractivity contribution in [1.82, 2.24) is 9.80 Å². The number of rotatable bonds is 26. The molecule has 0 unspecified atom stereocenters. The number of hydrogen-bond acceptors (Lipinski definition) is 8. The van der Waals surface area contributed by atoms with E-state index < -0.39 is 33.4 Å². The van der Waals surface area contributed by atoms with Crippen molar-refractivity contribution in [2.45, 2.75) is 173 Å². The molecule has 2 fully saturated rings. The first-order valence-corrected chi connectivity index (χ1v) is 25.1. The maximum absolute atomic E-state index is 15.9. The summed E-state index contributed by atoms with van der Waals surface area (Å²) in [5.74, 6) is 0.487. The van der Waals surface area contributed by atoms with Gasteiger partial charge in [0.15, 0.2) is 28.8 Å². The molecule has 1 aromatic carbocycles. The van der Waals surface area contributed by atoms with Crippen molar-refractivity contribution in [2.75, 3.05) is 52.5 Å². The summed E-state index contributed by atoms with van der Waals surface area (Å²) in [6, 6.07) is 5.37. The molecule has 1 aliphatic heterocycles. The summed E-state index contributed by atoms with van der Waals surface area (Å²) in [5, 5.41) is 0.